The summed E-state index contributed by atoms with van der Waals surface area (Å²) < 4.78 is 51.9. The Labute approximate surface area is 213 Å². The van der Waals surface area contributed by atoms with Crippen LogP contribution >= 0.6 is 11.6 Å². The summed E-state index contributed by atoms with van der Waals surface area (Å²) in [6.45, 7) is 4.17. The Morgan fingerprint density at radius 3 is 2.50 bits per heavy atom. The van der Waals surface area contributed by atoms with Gasteiger partial charge < -0.3 is 14.6 Å². The Kier molecular flexibility index (Phi) is 9.26. The molecule has 0 amide bonds. The molecule has 0 radical (unpaired) electrons. The first-order valence-electron chi connectivity index (χ1n) is 11.7. The molecule has 3 aromatic carbocycles. The van der Waals surface area contributed by atoms with E-state index in [1.54, 1.807) is 24.3 Å². The van der Waals surface area contributed by atoms with Gasteiger partial charge in [0.05, 0.1) is 18.3 Å². The highest BCUT2D eigenvalue weighted by Crippen LogP contribution is 2.38. The molecule has 0 saturated heterocycles. The molecule has 0 saturated carbocycles. The van der Waals surface area contributed by atoms with Crippen LogP contribution < -0.4 is 9.47 Å². The molecule has 36 heavy (non-hydrogen) atoms. The van der Waals surface area contributed by atoms with Crippen LogP contribution in [0.4, 0.5) is 13.2 Å². The maximum absolute atomic E-state index is 13.3. The van der Waals surface area contributed by atoms with E-state index in [4.69, 9.17) is 26.2 Å². The van der Waals surface area contributed by atoms with Crippen molar-refractivity contribution in [3.05, 3.63) is 82.4 Å². The van der Waals surface area contributed by atoms with Gasteiger partial charge >= 0.3 is 12.1 Å². The lowest BCUT2D eigenvalue weighted by Crippen LogP contribution is -2.16. The fourth-order valence-corrected chi connectivity index (χ4v) is 4.01. The summed E-state index contributed by atoms with van der Waals surface area (Å²) in [7, 11) is 0. The van der Waals surface area contributed by atoms with Gasteiger partial charge in [0.25, 0.3) is 0 Å². The molecule has 0 aliphatic carbocycles. The van der Waals surface area contributed by atoms with E-state index in [9.17, 15) is 18.0 Å². The Bertz CT molecular complexity index is 1190. The molecule has 1 N–H and O–H groups in total. The Balaban J connectivity index is 1.67. The predicted octanol–water partition coefficient (Wildman–Crippen LogP) is 7.84. The predicted molar refractivity (Wildman–Crippen MR) is 134 cm³/mol. The number of carbonyl (C=O) groups is 1. The van der Waals surface area contributed by atoms with Crippen molar-refractivity contribution in [3.8, 4) is 22.6 Å². The summed E-state index contributed by atoms with van der Waals surface area (Å²) in [5.41, 5.74) is 2.10. The Morgan fingerprint density at radius 2 is 1.83 bits per heavy atom. The number of carboxylic acids is 1. The maximum Gasteiger partial charge on any atom is 0.416 e. The van der Waals surface area contributed by atoms with Crippen molar-refractivity contribution >= 4 is 17.6 Å². The number of rotatable bonds is 11. The molecule has 8 heteroatoms. The highest BCUT2D eigenvalue weighted by molar-refractivity contribution is 6.30. The zero-order valence-electron chi connectivity index (χ0n) is 20.1. The van der Waals surface area contributed by atoms with Crippen molar-refractivity contribution in [2.75, 3.05) is 6.61 Å². The summed E-state index contributed by atoms with van der Waals surface area (Å²) in [6.07, 6.45) is -3.02. The number of alkyl halides is 3. The third kappa shape index (κ3) is 7.65. The third-order valence-electron chi connectivity index (χ3n) is 5.73. The van der Waals surface area contributed by atoms with Gasteiger partial charge in [-0.3, -0.25) is 4.79 Å². The van der Waals surface area contributed by atoms with Crippen molar-refractivity contribution in [1.29, 1.82) is 0 Å². The number of carboxylic acid groups (broad SMARTS) is 1. The molecule has 3 aromatic rings. The first-order valence-corrected chi connectivity index (χ1v) is 12.0. The van der Waals surface area contributed by atoms with Crippen molar-refractivity contribution in [1.82, 2.24) is 0 Å². The lowest BCUT2D eigenvalue weighted by Gasteiger charge is -2.20. The molecule has 0 heterocycles. The van der Waals surface area contributed by atoms with E-state index >= 15 is 0 Å². The molecule has 0 aromatic heterocycles. The van der Waals surface area contributed by atoms with Gasteiger partial charge in [-0.15, -0.1) is 0 Å². The largest absolute Gasteiger partial charge is 0.493 e. The van der Waals surface area contributed by atoms with Gasteiger partial charge in [0.2, 0.25) is 0 Å². The normalized spacial score (nSPS) is 12.3. The third-order valence-corrected chi connectivity index (χ3v) is 5.97. The van der Waals surface area contributed by atoms with Crippen molar-refractivity contribution < 1.29 is 32.5 Å². The molecule has 4 nitrogen and oxygen atoms in total. The second kappa shape index (κ2) is 12.2. The van der Waals surface area contributed by atoms with E-state index in [1.165, 1.54) is 6.07 Å². The van der Waals surface area contributed by atoms with Gasteiger partial charge in [-0.05, 0) is 78.9 Å². The molecule has 0 fully saturated rings. The van der Waals surface area contributed by atoms with E-state index in [0.29, 0.717) is 47.1 Å². The Morgan fingerprint density at radius 1 is 1.06 bits per heavy atom. The molecular weight excluding hydrogens is 493 g/mol. The highest BCUT2D eigenvalue weighted by atomic mass is 35.5. The van der Waals surface area contributed by atoms with Gasteiger partial charge in [-0.25, -0.2) is 0 Å². The van der Waals surface area contributed by atoms with Crippen LogP contribution in [0.5, 0.6) is 11.5 Å². The number of benzene rings is 3. The standard InChI is InChI=1S/C28H28ClF3O4/c1-3-19-16-24(10-7-20(19)8-12-27(33)34)35-14-13-18(2)36-26-11-9-22(28(30,31)32)17-25(26)21-5-4-6-23(29)15-21/h4-7,9-11,15-18H,3,8,12-14H2,1-2H3,(H,33,34)/t18-/m1/s1. The second-order valence-electron chi connectivity index (χ2n) is 8.46. The summed E-state index contributed by atoms with van der Waals surface area (Å²) in [5, 5.41) is 9.33. The smallest absolute Gasteiger partial charge is 0.416 e. The van der Waals surface area contributed by atoms with Crippen LogP contribution in [-0.4, -0.2) is 23.8 Å². The quantitative estimate of drug-likeness (QED) is 0.280. The molecule has 0 aliphatic rings. The minimum Gasteiger partial charge on any atom is -0.493 e. The lowest BCUT2D eigenvalue weighted by atomic mass is 10.0. The van der Waals surface area contributed by atoms with Gasteiger partial charge in [0, 0.05) is 23.4 Å². The first-order chi connectivity index (χ1) is 17.1. The number of aryl methyl sites for hydroxylation is 2. The van der Waals surface area contributed by atoms with E-state index < -0.39 is 17.7 Å². The van der Waals surface area contributed by atoms with Crippen LogP contribution in [0.15, 0.2) is 60.7 Å². The average Bonchev–Trinajstić information content (AvgIpc) is 2.82. The summed E-state index contributed by atoms with van der Waals surface area (Å²) >= 11 is 6.07. The molecule has 0 aliphatic heterocycles. The molecule has 0 spiro atoms. The Hall–Kier alpha value is -3.19. The van der Waals surface area contributed by atoms with Gasteiger partial charge in [-0.2, -0.15) is 13.2 Å². The number of aliphatic carboxylic acids is 1. The molecular formula is C28H28ClF3O4. The monoisotopic (exact) mass is 520 g/mol. The van der Waals surface area contributed by atoms with Crippen LogP contribution in [-0.2, 0) is 23.8 Å². The topological polar surface area (TPSA) is 55.8 Å². The van der Waals surface area contributed by atoms with Crippen molar-refractivity contribution in [2.24, 2.45) is 0 Å². The number of hydrogen-bond acceptors (Lipinski definition) is 3. The average molecular weight is 521 g/mol. The van der Waals surface area contributed by atoms with Crippen LogP contribution in [0.25, 0.3) is 11.1 Å². The van der Waals surface area contributed by atoms with Gasteiger partial charge in [0.15, 0.2) is 0 Å². The van der Waals surface area contributed by atoms with Crippen LogP contribution in [0.2, 0.25) is 5.02 Å². The van der Waals surface area contributed by atoms with Crippen molar-refractivity contribution in [3.63, 3.8) is 0 Å². The fourth-order valence-electron chi connectivity index (χ4n) is 3.82. The van der Waals surface area contributed by atoms with Crippen molar-refractivity contribution in [2.45, 2.75) is 51.8 Å². The SMILES string of the molecule is CCc1cc(OCC[C@@H](C)Oc2ccc(C(F)(F)F)cc2-c2cccc(Cl)c2)ccc1CCC(=O)O. The van der Waals surface area contributed by atoms with Crippen LogP contribution in [0, 0.1) is 0 Å². The van der Waals surface area contributed by atoms with E-state index in [2.05, 4.69) is 0 Å². The van der Waals surface area contributed by atoms with E-state index in [-0.39, 0.29) is 12.5 Å². The zero-order chi connectivity index (χ0) is 26.3. The molecule has 0 bridgehead atoms. The number of ether oxygens (including phenoxy) is 2. The van der Waals surface area contributed by atoms with Gasteiger partial charge in [-0.1, -0.05) is 36.7 Å². The molecule has 3 rings (SSSR count). The van der Waals surface area contributed by atoms with Gasteiger partial charge in [0.1, 0.15) is 11.5 Å². The van der Waals surface area contributed by atoms with E-state index in [1.807, 2.05) is 32.0 Å². The second-order valence-corrected chi connectivity index (χ2v) is 8.90. The molecule has 1 atom stereocenters. The number of hydrogen-bond donors (Lipinski definition) is 1. The minimum atomic E-state index is -4.48. The lowest BCUT2D eigenvalue weighted by molar-refractivity contribution is -0.138. The summed E-state index contributed by atoms with van der Waals surface area (Å²) in [4.78, 5) is 10.9. The highest BCUT2D eigenvalue weighted by Gasteiger charge is 2.31. The van der Waals surface area contributed by atoms with E-state index in [0.717, 1.165) is 29.7 Å². The zero-order valence-corrected chi connectivity index (χ0v) is 20.8. The maximum atomic E-state index is 13.3. The minimum absolute atomic E-state index is 0.0726. The molecule has 0 unspecified atom stereocenters. The molecule has 192 valence electrons. The summed E-state index contributed by atoms with van der Waals surface area (Å²) in [6, 6.07) is 15.6. The number of halogens is 4. The van der Waals surface area contributed by atoms with Crippen LogP contribution in [0.1, 0.15) is 43.4 Å². The van der Waals surface area contributed by atoms with Crippen LogP contribution in [0.3, 0.4) is 0 Å². The fraction of sp³-hybridized carbons (Fsp3) is 0.321. The summed E-state index contributed by atoms with van der Waals surface area (Å²) in [5.74, 6) is 0.166. The first kappa shape index (κ1) is 27.4.